The third kappa shape index (κ3) is 4.82. The average Bonchev–Trinajstić information content (AvgIpc) is 2.74. The molecule has 1 N–H and O–H groups in total. The molecule has 3 aromatic carbocycles. The Hall–Kier alpha value is -2.85. The van der Waals surface area contributed by atoms with Gasteiger partial charge in [0.05, 0.1) is 0 Å². The van der Waals surface area contributed by atoms with Crippen molar-refractivity contribution in [3.8, 4) is 0 Å². The summed E-state index contributed by atoms with van der Waals surface area (Å²) in [4.78, 5) is 16.9. The number of likely N-dealkylation sites (tertiary alicyclic amines) is 1. The van der Waals surface area contributed by atoms with E-state index in [9.17, 15) is 4.79 Å². The molecule has 1 saturated heterocycles. The molecule has 1 heterocycles. The second-order valence-corrected chi connectivity index (χ2v) is 8.74. The second kappa shape index (κ2) is 8.88. The fourth-order valence-electron chi connectivity index (χ4n) is 4.29. The van der Waals surface area contributed by atoms with E-state index in [1.54, 1.807) is 0 Å². The molecule has 0 bridgehead atoms. The number of aryl methyl sites for hydroxylation is 1. The third-order valence-corrected chi connectivity index (χ3v) is 5.99. The van der Waals surface area contributed by atoms with Crippen molar-refractivity contribution in [1.82, 2.24) is 9.80 Å². The van der Waals surface area contributed by atoms with Crippen LogP contribution in [0.5, 0.6) is 0 Å². The van der Waals surface area contributed by atoms with Crippen LogP contribution in [0.2, 0.25) is 0 Å². The first-order valence-corrected chi connectivity index (χ1v) is 10.8. The van der Waals surface area contributed by atoms with Gasteiger partial charge >= 0.3 is 6.03 Å². The van der Waals surface area contributed by atoms with Crippen molar-refractivity contribution in [2.75, 3.05) is 32.5 Å². The minimum atomic E-state index is 0.000865. The van der Waals surface area contributed by atoms with Gasteiger partial charge in [-0.25, -0.2) is 4.79 Å². The number of nitrogens with zero attached hydrogens (tertiary/aromatic N) is 2. The normalized spacial score (nSPS) is 15.0. The van der Waals surface area contributed by atoms with Gasteiger partial charge in [-0.05, 0) is 79.9 Å². The Bertz CT molecular complexity index is 1020. The van der Waals surface area contributed by atoms with Crippen molar-refractivity contribution in [2.45, 2.75) is 32.2 Å². The second-order valence-electron chi connectivity index (χ2n) is 8.74. The maximum Gasteiger partial charge on any atom is 0.321 e. The first kappa shape index (κ1) is 20.4. The molecule has 4 heteroatoms. The lowest BCUT2D eigenvalue weighted by Crippen LogP contribution is -2.40. The zero-order chi connectivity index (χ0) is 21.1. The Kier molecular flexibility index (Phi) is 6.05. The van der Waals surface area contributed by atoms with Gasteiger partial charge in [0.15, 0.2) is 0 Å². The summed E-state index contributed by atoms with van der Waals surface area (Å²) in [7, 11) is 4.15. The summed E-state index contributed by atoms with van der Waals surface area (Å²) in [6, 6.07) is 21.5. The van der Waals surface area contributed by atoms with Crippen molar-refractivity contribution in [3.63, 3.8) is 0 Å². The van der Waals surface area contributed by atoms with Crippen LogP contribution in [0.4, 0.5) is 10.5 Å². The topological polar surface area (TPSA) is 35.6 Å². The molecule has 1 aliphatic heterocycles. The molecule has 156 valence electrons. The Morgan fingerprint density at radius 2 is 1.63 bits per heavy atom. The molecule has 0 radical (unpaired) electrons. The molecule has 0 unspecified atom stereocenters. The van der Waals surface area contributed by atoms with Crippen molar-refractivity contribution < 1.29 is 4.79 Å². The summed E-state index contributed by atoms with van der Waals surface area (Å²) in [6.07, 6.45) is 2.03. The Morgan fingerprint density at radius 3 is 2.33 bits per heavy atom. The molecule has 0 aromatic heterocycles. The Labute approximate surface area is 179 Å². The Morgan fingerprint density at radius 1 is 0.967 bits per heavy atom. The van der Waals surface area contributed by atoms with E-state index in [-0.39, 0.29) is 6.03 Å². The fourth-order valence-corrected chi connectivity index (χ4v) is 4.29. The van der Waals surface area contributed by atoms with Crippen LogP contribution >= 0.6 is 0 Å². The maximum absolute atomic E-state index is 12.8. The minimum absolute atomic E-state index is 0.000865. The number of hydrogen-bond acceptors (Lipinski definition) is 2. The van der Waals surface area contributed by atoms with E-state index in [4.69, 9.17) is 0 Å². The predicted octanol–water partition coefficient (Wildman–Crippen LogP) is 5.62. The number of fused-ring (bicyclic) bond motifs is 1. The first-order valence-electron chi connectivity index (χ1n) is 10.8. The molecular formula is C26H31N3O. The number of carbonyl (C=O) groups is 1. The zero-order valence-electron chi connectivity index (χ0n) is 18.2. The molecule has 30 heavy (non-hydrogen) atoms. The highest BCUT2D eigenvalue weighted by Crippen LogP contribution is 2.29. The summed E-state index contributed by atoms with van der Waals surface area (Å²) in [5.74, 6) is 0.548. The van der Waals surface area contributed by atoms with Gasteiger partial charge in [0.25, 0.3) is 0 Å². The standard InChI is InChI=1S/C26H31N3O/c1-19-4-7-21(8-5-19)22-12-14-29(15-13-22)26(30)27-25-11-10-23-16-20(18-28(2)3)6-9-24(23)17-25/h4-11,16-17,22H,12-15,18H2,1-3H3,(H,27,30). The van der Waals surface area contributed by atoms with Gasteiger partial charge in [0.1, 0.15) is 0 Å². The van der Waals surface area contributed by atoms with Gasteiger partial charge in [0, 0.05) is 25.3 Å². The van der Waals surface area contributed by atoms with Gasteiger partial charge in [0.2, 0.25) is 0 Å². The molecule has 0 aliphatic carbocycles. The summed E-state index contributed by atoms with van der Waals surface area (Å²) in [6.45, 7) is 4.64. The van der Waals surface area contributed by atoms with Crippen LogP contribution in [0.15, 0.2) is 60.7 Å². The van der Waals surface area contributed by atoms with Crippen LogP contribution in [0.1, 0.15) is 35.4 Å². The SMILES string of the molecule is Cc1ccc(C2CCN(C(=O)Nc3ccc4cc(CN(C)C)ccc4c3)CC2)cc1. The number of nitrogens with one attached hydrogen (secondary N) is 1. The van der Waals surface area contributed by atoms with E-state index < -0.39 is 0 Å². The maximum atomic E-state index is 12.8. The number of anilines is 1. The lowest BCUT2D eigenvalue weighted by molar-refractivity contribution is 0.194. The lowest BCUT2D eigenvalue weighted by atomic mass is 9.89. The summed E-state index contributed by atoms with van der Waals surface area (Å²) in [5, 5.41) is 5.44. The molecule has 3 aromatic rings. The van der Waals surface area contributed by atoms with E-state index in [0.29, 0.717) is 5.92 Å². The van der Waals surface area contributed by atoms with E-state index in [1.165, 1.54) is 22.1 Å². The highest BCUT2D eigenvalue weighted by molar-refractivity contribution is 5.93. The van der Waals surface area contributed by atoms with Crippen LogP contribution in [0, 0.1) is 6.92 Å². The van der Waals surface area contributed by atoms with Crippen molar-refractivity contribution in [3.05, 3.63) is 77.4 Å². The third-order valence-electron chi connectivity index (χ3n) is 5.99. The van der Waals surface area contributed by atoms with Crippen LogP contribution in [-0.2, 0) is 6.54 Å². The molecule has 0 spiro atoms. The number of benzene rings is 3. The number of urea groups is 1. The lowest BCUT2D eigenvalue weighted by Gasteiger charge is -2.32. The number of carbonyl (C=O) groups excluding carboxylic acids is 1. The quantitative estimate of drug-likeness (QED) is 0.616. The van der Waals surface area contributed by atoms with Crippen molar-refractivity contribution in [2.24, 2.45) is 0 Å². The van der Waals surface area contributed by atoms with Gasteiger partial charge < -0.3 is 15.1 Å². The Balaban J connectivity index is 1.36. The van der Waals surface area contributed by atoms with Gasteiger partial charge in [-0.1, -0.05) is 48.0 Å². The highest BCUT2D eigenvalue weighted by Gasteiger charge is 2.23. The van der Waals surface area contributed by atoms with Crippen molar-refractivity contribution in [1.29, 1.82) is 0 Å². The van der Waals surface area contributed by atoms with Crippen LogP contribution in [0.3, 0.4) is 0 Å². The number of amides is 2. The number of piperidine rings is 1. The van der Waals surface area contributed by atoms with E-state index >= 15 is 0 Å². The van der Waals surface area contributed by atoms with E-state index in [1.807, 2.05) is 11.0 Å². The smallest absolute Gasteiger partial charge is 0.321 e. The van der Waals surface area contributed by atoms with E-state index in [0.717, 1.165) is 43.5 Å². The van der Waals surface area contributed by atoms with Crippen LogP contribution < -0.4 is 5.32 Å². The molecule has 1 fully saturated rings. The van der Waals surface area contributed by atoms with E-state index in [2.05, 4.69) is 85.8 Å². The van der Waals surface area contributed by atoms with Crippen molar-refractivity contribution >= 4 is 22.5 Å². The monoisotopic (exact) mass is 401 g/mol. The van der Waals surface area contributed by atoms with Crippen LogP contribution in [0.25, 0.3) is 10.8 Å². The molecule has 4 nitrogen and oxygen atoms in total. The zero-order valence-corrected chi connectivity index (χ0v) is 18.2. The fraction of sp³-hybridized carbons (Fsp3) is 0.346. The van der Waals surface area contributed by atoms with Gasteiger partial charge in [-0.2, -0.15) is 0 Å². The predicted molar refractivity (Wildman–Crippen MR) is 125 cm³/mol. The van der Waals surface area contributed by atoms with Gasteiger partial charge in [-0.15, -0.1) is 0 Å². The largest absolute Gasteiger partial charge is 0.324 e. The summed E-state index contributed by atoms with van der Waals surface area (Å²) < 4.78 is 0. The highest BCUT2D eigenvalue weighted by atomic mass is 16.2. The molecule has 0 atom stereocenters. The molecule has 1 aliphatic rings. The average molecular weight is 402 g/mol. The number of rotatable bonds is 4. The summed E-state index contributed by atoms with van der Waals surface area (Å²) in [5.41, 5.74) is 4.83. The number of hydrogen-bond donors (Lipinski definition) is 1. The summed E-state index contributed by atoms with van der Waals surface area (Å²) >= 11 is 0. The molecule has 4 rings (SSSR count). The molecule has 0 saturated carbocycles. The minimum Gasteiger partial charge on any atom is -0.324 e. The first-order chi connectivity index (χ1) is 14.5. The molecular weight excluding hydrogens is 370 g/mol. The molecule has 2 amide bonds. The van der Waals surface area contributed by atoms with Crippen LogP contribution in [-0.4, -0.2) is 43.0 Å². The van der Waals surface area contributed by atoms with Gasteiger partial charge in [-0.3, -0.25) is 0 Å².